The van der Waals surface area contributed by atoms with E-state index in [1.54, 1.807) is 0 Å². The minimum absolute atomic E-state index is 0. The largest absolute Gasteiger partial charge is 1.00 e. The monoisotopic (exact) mass is 281 g/mol. The standard InChI is InChI=1S/C10H9FNO5.K/c1-17-10(14)9(13)4-6-2-3-7(11)5-8(6)12(15)16;/h2-3,5,9H,4H2,1H3;/q-1;+1. The number of carbonyl (C=O) groups excluding carboxylic acids is 1. The molecule has 1 rings (SSSR count). The number of nitrogens with zero attached hydrogens (tertiary/aromatic N) is 1. The molecule has 0 bridgehead atoms. The molecule has 18 heavy (non-hydrogen) atoms. The Kier molecular flexibility index (Phi) is 7.75. The zero-order chi connectivity index (χ0) is 13.0. The zero-order valence-corrected chi connectivity index (χ0v) is 13.0. The van der Waals surface area contributed by atoms with E-state index in [2.05, 4.69) is 4.74 Å². The van der Waals surface area contributed by atoms with Crippen molar-refractivity contribution in [3.8, 4) is 0 Å². The molecule has 1 unspecified atom stereocenters. The maximum atomic E-state index is 12.8. The Morgan fingerprint density at radius 1 is 1.56 bits per heavy atom. The fourth-order valence-corrected chi connectivity index (χ4v) is 1.29. The van der Waals surface area contributed by atoms with Gasteiger partial charge in [-0.1, -0.05) is 0 Å². The molecule has 0 aromatic heterocycles. The first kappa shape index (κ1) is 17.6. The van der Waals surface area contributed by atoms with Crippen molar-refractivity contribution in [2.45, 2.75) is 12.5 Å². The number of ether oxygens (including phenoxy) is 1. The number of benzene rings is 1. The quantitative estimate of drug-likeness (QED) is 0.257. The average Bonchev–Trinajstić information content (AvgIpc) is 2.29. The van der Waals surface area contributed by atoms with Crippen molar-refractivity contribution in [3.05, 3.63) is 39.7 Å². The van der Waals surface area contributed by atoms with E-state index in [0.717, 1.165) is 19.2 Å². The van der Waals surface area contributed by atoms with E-state index in [0.29, 0.717) is 6.07 Å². The number of nitro groups is 1. The second-order valence-corrected chi connectivity index (χ2v) is 3.25. The van der Waals surface area contributed by atoms with Gasteiger partial charge in [0.05, 0.1) is 18.1 Å². The van der Waals surface area contributed by atoms with Gasteiger partial charge in [0.1, 0.15) is 5.82 Å². The summed E-state index contributed by atoms with van der Waals surface area (Å²) in [7, 11) is 1.05. The Morgan fingerprint density at radius 3 is 2.67 bits per heavy atom. The fraction of sp³-hybridized carbons (Fsp3) is 0.300. The van der Waals surface area contributed by atoms with Crippen LogP contribution in [-0.2, 0) is 16.0 Å². The first-order chi connectivity index (χ1) is 7.95. The van der Waals surface area contributed by atoms with Gasteiger partial charge in [0.15, 0.2) is 0 Å². The first-order valence-corrected chi connectivity index (χ1v) is 4.62. The minimum Gasteiger partial charge on any atom is -0.844 e. The van der Waals surface area contributed by atoms with Crippen LogP contribution in [0.4, 0.5) is 10.1 Å². The Hall–Kier alpha value is -0.384. The third-order valence-corrected chi connectivity index (χ3v) is 2.11. The number of hydrogen-bond acceptors (Lipinski definition) is 5. The van der Waals surface area contributed by atoms with E-state index in [-0.39, 0.29) is 56.9 Å². The van der Waals surface area contributed by atoms with E-state index in [9.17, 15) is 24.4 Å². The van der Waals surface area contributed by atoms with E-state index in [1.807, 2.05) is 0 Å². The summed E-state index contributed by atoms with van der Waals surface area (Å²) in [4.78, 5) is 20.7. The maximum Gasteiger partial charge on any atom is 1.00 e. The number of rotatable bonds is 4. The molecule has 0 fully saturated rings. The summed E-state index contributed by atoms with van der Waals surface area (Å²) in [6.07, 6.45) is -2.17. The summed E-state index contributed by atoms with van der Waals surface area (Å²) in [5.74, 6) is -1.79. The van der Waals surface area contributed by atoms with Crippen LogP contribution in [-0.4, -0.2) is 24.1 Å². The van der Waals surface area contributed by atoms with Gasteiger partial charge in [-0.25, -0.2) is 4.39 Å². The summed E-state index contributed by atoms with van der Waals surface area (Å²) in [6, 6.07) is 2.81. The molecule has 0 N–H and O–H groups in total. The predicted molar refractivity (Wildman–Crippen MR) is 52.6 cm³/mol. The summed E-state index contributed by atoms with van der Waals surface area (Å²) in [6.45, 7) is 0. The number of carbonyl (C=O) groups is 1. The van der Waals surface area contributed by atoms with Crippen LogP contribution in [0.5, 0.6) is 0 Å². The first-order valence-electron chi connectivity index (χ1n) is 4.62. The van der Waals surface area contributed by atoms with Crippen LogP contribution in [0.3, 0.4) is 0 Å². The van der Waals surface area contributed by atoms with Gasteiger partial charge in [0.25, 0.3) is 11.7 Å². The van der Waals surface area contributed by atoms with Crippen molar-refractivity contribution in [1.82, 2.24) is 0 Å². The molecule has 0 aliphatic carbocycles. The van der Waals surface area contributed by atoms with Gasteiger partial charge in [-0.3, -0.25) is 14.9 Å². The topological polar surface area (TPSA) is 92.5 Å². The Bertz CT molecular complexity index is 454. The Labute approximate surface area is 145 Å². The van der Waals surface area contributed by atoms with Crippen molar-refractivity contribution < 1.29 is 75.3 Å². The van der Waals surface area contributed by atoms with Crippen LogP contribution in [0.2, 0.25) is 0 Å². The summed E-state index contributed by atoms with van der Waals surface area (Å²) in [5, 5.41) is 21.9. The van der Waals surface area contributed by atoms with E-state index < -0.39 is 34.9 Å². The van der Waals surface area contributed by atoms with Gasteiger partial charge in [-0.05, 0) is 24.7 Å². The second-order valence-electron chi connectivity index (χ2n) is 3.25. The summed E-state index contributed by atoms with van der Waals surface area (Å²) < 4.78 is 17.0. The predicted octanol–water partition coefficient (Wildman–Crippen LogP) is -2.82. The number of hydrogen-bond donors (Lipinski definition) is 0. The molecule has 0 aliphatic heterocycles. The van der Waals surface area contributed by atoms with Crippen LogP contribution in [0.25, 0.3) is 0 Å². The molecular weight excluding hydrogens is 272 g/mol. The van der Waals surface area contributed by atoms with Gasteiger partial charge in [-0.15, -0.1) is 0 Å². The van der Waals surface area contributed by atoms with Crippen LogP contribution >= 0.6 is 0 Å². The molecule has 0 saturated carbocycles. The fourth-order valence-electron chi connectivity index (χ4n) is 1.29. The molecular formula is C10H9FKNO5. The van der Waals surface area contributed by atoms with Crippen LogP contribution in [0.15, 0.2) is 18.2 Å². The van der Waals surface area contributed by atoms with Crippen LogP contribution in [0, 0.1) is 15.9 Å². The zero-order valence-electron chi connectivity index (χ0n) is 9.88. The summed E-state index contributed by atoms with van der Waals surface area (Å²) in [5.41, 5.74) is -0.517. The van der Waals surface area contributed by atoms with Crippen molar-refractivity contribution in [3.63, 3.8) is 0 Å². The van der Waals surface area contributed by atoms with Crippen molar-refractivity contribution in [2.75, 3.05) is 7.11 Å². The third-order valence-electron chi connectivity index (χ3n) is 2.11. The van der Waals surface area contributed by atoms with E-state index >= 15 is 0 Å². The number of methoxy groups -OCH3 is 1. The van der Waals surface area contributed by atoms with Crippen LogP contribution < -0.4 is 56.5 Å². The molecule has 0 aliphatic rings. The molecule has 1 atom stereocenters. The Morgan fingerprint density at radius 2 is 2.17 bits per heavy atom. The van der Waals surface area contributed by atoms with Crippen molar-refractivity contribution >= 4 is 11.7 Å². The molecule has 0 heterocycles. The molecule has 92 valence electrons. The van der Waals surface area contributed by atoms with Gasteiger partial charge >= 0.3 is 51.4 Å². The van der Waals surface area contributed by atoms with Crippen molar-refractivity contribution in [1.29, 1.82) is 0 Å². The van der Waals surface area contributed by atoms with Gasteiger partial charge < -0.3 is 9.84 Å². The molecule has 8 heteroatoms. The molecule has 0 amide bonds. The van der Waals surface area contributed by atoms with Gasteiger partial charge in [0, 0.05) is 5.56 Å². The maximum absolute atomic E-state index is 12.8. The number of halogens is 1. The average molecular weight is 281 g/mol. The minimum atomic E-state index is -1.76. The third kappa shape index (κ3) is 4.71. The molecule has 1 aromatic carbocycles. The molecule has 0 saturated heterocycles. The second kappa shape index (κ2) is 7.92. The number of nitro benzene ring substituents is 1. The number of esters is 1. The SMILES string of the molecule is COC(=O)C([O-])Cc1ccc(F)cc1[N+](=O)[O-].[K+]. The van der Waals surface area contributed by atoms with Crippen LogP contribution in [0.1, 0.15) is 5.56 Å². The summed E-state index contributed by atoms with van der Waals surface area (Å²) >= 11 is 0. The van der Waals surface area contributed by atoms with E-state index in [1.165, 1.54) is 0 Å². The van der Waals surface area contributed by atoms with Gasteiger partial charge in [-0.2, -0.15) is 0 Å². The Balaban J connectivity index is 0.00000289. The van der Waals surface area contributed by atoms with E-state index in [4.69, 9.17) is 0 Å². The normalized spacial score (nSPS) is 11.3. The van der Waals surface area contributed by atoms with Crippen molar-refractivity contribution in [2.24, 2.45) is 0 Å². The smallest absolute Gasteiger partial charge is 0.844 e. The molecule has 6 nitrogen and oxygen atoms in total. The van der Waals surface area contributed by atoms with Gasteiger partial charge in [0.2, 0.25) is 0 Å². The molecule has 0 radical (unpaired) electrons. The molecule has 0 spiro atoms. The molecule has 1 aromatic rings.